The molecule has 6 aromatic heterocycles. The van der Waals surface area contributed by atoms with Crippen LogP contribution in [0.1, 0.15) is 39.0 Å². The van der Waals surface area contributed by atoms with Crippen LogP contribution < -0.4 is 21.3 Å². The highest BCUT2D eigenvalue weighted by molar-refractivity contribution is 5.99. The van der Waals surface area contributed by atoms with Gasteiger partial charge in [-0.3, -0.25) is 14.5 Å². The van der Waals surface area contributed by atoms with Gasteiger partial charge in [-0.25, -0.2) is 39.6 Å². The zero-order valence-electron chi connectivity index (χ0n) is 37.9. The largest absolute Gasteiger partial charge is 0.383 e. The summed E-state index contributed by atoms with van der Waals surface area (Å²) in [5.74, 6) is 1.67. The zero-order chi connectivity index (χ0) is 46.4. The van der Waals surface area contributed by atoms with Gasteiger partial charge in [0.25, 0.3) is 5.91 Å². The number of nitrogens with zero attached hydrogens (tertiary/aromatic N) is 14. The first-order chi connectivity index (χ1) is 33.4. The summed E-state index contributed by atoms with van der Waals surface area (Å²) < 4.78 is 13.4. The molecule has 2 fully saturated rings. The van der Waals surface area contributed by atoms with E-state index in [0.717, 1.165) is 72.4 Å². The Morgan fingerprint density at radius 3 is 2.21 bits per heavy atom. The van der Waals surface area contributed by atoms with E-state index < -0.39 is 0 Å². The summed E-state index contributed by atoms with van der Waals surface area (Å²) in [6.45, 7) is 10.6. The summed E-state index contributed by atoms with van der Waals surface area (Å²) in [5.41, 5.74) is 19.8. The first-order valence-electron chi connectivity index (χ1n) is 23.2. The molecule has 2 saturated heterocycles. The van der Waals surface area contributed by atoms with Crippen molar-refractivity contribution in [3.8, 4) is 11.3 Å². The molecule has 21 heteroatoms. The Labute approximate surface area is 392 Å². The number of nitrogens with two attached hydrogens (primary N) is 2. The summed E-state index contributed by atoms with van der Waals surface area (Å²) in [4.78, 5) is 71.2. The molecule has 0 unspecified atom stereocenters. The second kappa shape index (κ2) is 20.3. The molecule has 0 aliphatic carbocycles. The lowest BCUT2D eigenvalue weighted by Gasteiger charge is -2.34. The van der Waals surface area contributed by atoms with Gasteiger partial charge in [-0.1, -0.05) is 18.2 Å². The Bertz CT molecular complexity index is 2860. The first-order valence-corrected chi connectivity index (χ1v) is 23.2. The molecule has 2 amide bonds. The lowest BCUT2D eigenvalue weighted by molar-refractivity contribution is -0.132. The highest BCUT2D eigenvalue weighted by atomic mass is 16.5. The van der Waals surface area contributed by atoms with Crippen LogP contribution in [0.4, 0.5) is 17.7 Å². The molecule has 352 valence electrons. The average molecular weight is 922 g/mol. The van der Waals surface area contributed by atoms with E-state index in [1.165, 1.54) is 11.9 Å². The monoisotopic (exact) mass is 921 g/mol. The van der Waals surface area contributed by atoms with Gasteiger partial charge in [0, 0.05) is 132 Å². The van der Waals surface area contributed by atoms with Crippen LogP contribution in [0.15, 0.2) is 73.8 Å². The molecule has 21 nitrogen and oxygen atoms in total. The second-order valence-electron chi connectivity index (χ2n) is 17.2. The number of amides is 2. The molecule has 0 radical (unpaired) electrons. The van der Waals surface area contributed by atoms with Gasteiger partial charge in [0.05, 0.1) is 50.3 Å². The van der Waals surface area contributed by atoms with Crippen molar-refractivity contribution in [1.82, 2.24) is 64.4 Å². The number of aromatic nitrogens is 10. The maximum Gasteiger partial charge on any atom is 0.257 e. The lowest BCUT2D eigenvalue weighted by Crippen LogP contribution is -2.49. The maximum absolute atomic E-state index is 13.7. The smallest absolute Gasteiger partial charge is 0.257 e. The molecule has 0 atom stereocenters. The van der Waals surface area contributed by atoms with E-state index in [-0.39, 0.29) is 11.8 Å². The summed E-state index contributed by atoms with van der Waals surface area (Å²) in [5, 5.41) is 6.64. The van der Waals surface area contributed by atoms with Gasteiger partial charge in [-0.2, -0.15) is 5.10 Å². The number of benzene rings is 1. The molecule has 0 bridgehead atoms. The molecule has 10 rings (SSSR count). The van der Waals surface area contributed by atoms with E-state index >= 15 is 0 Å². The van der Waals surface area contributed by atoms with Crippen molar-refractivity contribution in [3.63, 3.8) is 0 Å². The zero-order valence-corrected chi connectivity index (χ0v) is 37.9. The van der Waals surface area contributed by atoms with Crippen molar-refractivity contribution in [2.75, 3.05) is 107 Å². The van der Waals surface area contributed by atoms with Gasteiger partial charge in [0.2, 0.25) is 17.8 Å². The Morgan fingerprint density at radius 1 is 0.706 bits per heavy atom. The number of rotatable bonds is 16. The highest BCUT2D eigenvalue weighted by Gasteiger charge is 2.26. The summed E-state index contributed by atoms with van der Waals surface area (Å²) in [6.07, 6.45) is 13.0. The molecule has 9 heterocycles. The van der Waals surface area contributed by atoms with Crippen molar-refractivity contribution >= 4 is 51.6 Å². The van der Waals surface area contributed by atoms with Crippen LogP contribution in [0.2, 0.25) is 0 Å². The van der Waals surface area contributed by atoms with Crippen molar-refractivity contribution in [2.45, 2.75) is 32.5 Å². The number of ether oxygens (including phenoxy) is 2. The van der Waals surface area contributed by atoms with Gasteiger partial charge in [-0.15, -0.1) is 0 Å². The summed E-state index contributed by atoms with van der Waals surface area (Å²) >= 11 is 0. The van der Waals surface area contributed by atoms with E-state index in [1.807, 2.05) is 32.8 Å². The molecule has 3 aliphatic rings. The Morgan fingerprint density at radius 2 is 1.44 bits per heavy atom. The number of carbonyl (C=O) groups is 2. The van der Waals surface area contributed by atoms with Crippen LogP contribution in [-0.4, -0.2) is 168 Å². The normalized spacial score (nSPS) is 15.7. The van der Waals surface area contributed by atoms with Gasteiger partial charge >= 0.3 is 0 Å². The fourth-order valence-corrected chi connectivity index (χ4v) is 9.02. The minimum absolute atomic E-state index is 0.0812. The predicted molar refractivity (Wildman–Crippen MR) is 254 cm³/mol. The molecule has 5 N–H and O–H groups in total. The van der Waals surface area contributed by atoms with Crippen LogP contribution in [0.5, 0.6) is 0 Å². The van der Waals surface area contributed by atoms with Crippen LogP contribution in [0.25, 0.3) is 33.3 Å². The van der Waals surface area contributed by atoms with Crippen molar-refractivity contribution in [1.29, 1.82) is 0 Å². The average Bonchev–Trinajstić information content (AvgIpc) is 4.02. The number of nitrogens with one attached hydrogen (secondary N) is 1. The van der Waals surface area contributed by atoms with Gasteiger partial charge in [0.15, 0.2) is 5.65 Å². The number of hydrogen-bond donors (Lipinski definition) is 3. The Hall–Kier alpha value is -7.20. The number of hydrogen-bond acceptors (Lipinski definition) is 17. The number of nitrogen functional groups attached to an aromatic ring is 1. The van der Waals surface area contributed by atoms with Crippen LogP contribution in [0.3, 0.4) is 0 Å². The number of pyridine rings is 1. The Kier molecular flexibility index (Phi) is 13.4. The number of aromatic amines is 1. The quantitative estimate of drug-likeness (QED) is 0.118. The minimum Gasteiger partial charge on any atom is -0.383 e. The fraction of sp³-hybridized carbons (Fsp3) is 0.404. The van der Waals surface area contributed by atoms with E-state index in [1.54, 1.807) is 31.0 Å². The number of anilines is 3. The number of H-pyrrole nitrogens is 1. The van der Waals surface area contributed by atoms with Crippen molar-refractivity contribution in [3.05, 3.63) is 102 Å². The maximum atomic E-state index is 13.7. The second-order valence-corrected chi connectivity index (χ2v) is 17.2. The molecular weight excluding hydrogens is 867 g/mol. The standard InChI is InChI=1S/C47H55N17O4/c48-23-33-24-52-46(53-25-33)62-14-12-60(13-15-62)39(65)5-17-67-19-20-68-18-16-59-8-10-61(11-9-59)47-54-27-38(28-55-47)45(66)63-7-4-34-21-32(1-2-36(34)30-63)29-64-44-40(42(49)56-31-57-44)41(58-64)37-22-35-3-6-50-43(35)51-26-37/h1-3,6,21-22,24-28,31H,4-5,7-20,23,29-30,48H2,(H,50,51)(H2,49,56,57). The molecule has 1 aromatic carbocycles. The first kappa shape index (κ1) is 44.6. The molecule has 3 aliphatic heterocycles. The summed E-state index contributed by atoms with van der Waals surface area (Å²) in [7, 11) is 0. The van der Waals surface area contributed by atoms with E-state index in [9.17, 15) is 9.59 Å². The van der Waals surface area contributed by atoms with Gasteiger partial charge < -0.3 is 45.5 Å². The topological polar surface area (TPSA) is 245 Å². The third-order valence-electron chi connectivity index (χ3n) is 12.9. The number of piperazine rings is 2. The predicted octanol–water partition coefficient (Wildman–Crippen LogP) is 2.13. The number of fused-ring (bicyclic) bond motifs is 3. The van der Waals surface area contributed by atoms with Gasteiger partial charge in [-0.05, 0) is 35.2 Å². The highest BCUT2D eigenvalue weighted by Crippen LogP contribution is 2.32. The van der Waals surface area contributed by atoms with E-state index in [0.29, 0.717) is 125 Å². The van der Waals surface area contributed by atoms with Crippen molar-refractivity contribution in [2.24, 2.45) is 5.73 Å². The van der Waals surface area contributed by atoms with E-state index in [4.69, 9.17) is 26.0 Å². The lowest BCUT2D eigenvalue weighted by atomic mass is 9.97. The van der Waals surface area contributed by atoms with E-state index in [2.05, 4.69) is 72.8 Å². The van der Waals surface area contributed by atoms with Crippen LogP contribution in [-0.2, 0) is 40.3 Å². The minimum atomic E-state index is -0.0812. The third-order valence-corrected chi connectivity index (χ3v) is 12.9. The summed E-state index contributed by atoms with van der Waals surface area (Å²) in [6, 6.07) is 10.4. The molecular formula is C47H55N17O4. The van der Waals surface area contributed by atoms with Crippen LogP contribution in [0, 0.1) is 0 Å². The van der Waals surface area contributed by atoms with Gasteiger partial charge in [0.1, 0.15) is 23.5 Å². The molecule has 68 heavy (non-hydrogen) atoms. The number of carbonyl (C=O) groups excluding carboxylic acids is 2. The van der Waals surface area contributed by atoms with Crippen molar-refractivity contribution < 1.29 is 19.1 Å². The SMILES string of the molecule is NCc1cnc(N2CCN(C(=O)CCOCCOCCN3CCN(c4ncc(C(=O)N5CCc6cc(Cn7nc(-c8cnc9[nH]ccc9c8)c8c(N)ncnc87)ccc6C5)cn4)CC3)CC2)nc1. The molecule has 0 spiro atoms. The van der Waals surface area contributed by atoms with Crippen LogP contribution >= 0.6 is 0 Å². The molecule has 7 aromatic rings. The molecule has 0 saturated carbocycles. The third kappa shape index (κ3) is 9.91. The Balaban J connectivity index is 0.627. The fourth-order valence-electron chi connectivity index (χ4n) is 9.02.